The molecule has 2 aromatic heterocycles. The van der Waals surface area contributed by atoms with Crippen molar-refractivity contribution in [2.45, 2.75) is 6.92 Å². The fourth-order valence-electron chi connectivity index (χ4n) is 1.43. The standard InChI is InChI=1S/C9H13N5S/c1-6-13-7-8(14(2)4-3-10)11-5-12-9(7)15-6/h5H,3-4,10H2,1-2H3. The van der Waals surface area contributed by atoms with Crippen LogP contribution < -0.4 is 10.6 Å². The SMILES string of the molecule is Cc1nc2c(N(C)CCN)ncnc2s1. The van der Waals surface area contributed by atoms with Crippen molar-refractivity contribution < 1.29 is 0 Å². The Morgan fingerprint density at radius 2 is 2.27 bits per heavy atom. The van der Waals surface area contributed by atoms with E-state index in [9.17, 15) is 0 Å². The normalized spacial score (nSPS) is 10.9. The highest BCUT2D eigenvalue weighted by Gasteiger charge is 2.11. The molecule has 15 heavy (non-hydrogen) atoms. The van der Waals surface area contributed by atoms with Crippen molar-refractivity contribution >= 4 is 27.5 Å². The molecule has 2 rings (SSSR count). The van der Waals surface area contributed by atoms with Gasteiger partial charge in [0.25, 0.3) is 0 Å². The summed E-state index contributed by atoms with van der Waals surface area (Å²) in [6.45, 7) is 3.34. The third kappa shape index (κ3) is 1.91. The average molecular weight is 223 g/mol. The van der Waals surface area contributed by atoms with Gasteiger partial charge >= 0.3 is 0 Å². The first kappa shape index (κ1) is 10.3. The first-order chi connectivity index (χ1) is 7.22. The maximum Gasteiger partial charge on any atom is 0.159 e. The topological polar surface area (TPSA) is 67.9 Å². The number of hydrogen-bond donors (Lipinski definition) is 1. The zero-order valence-corrected chi connectivity index (χ0v) is 9.58. The van der Waals surface area contributed by atoms with Crippen molar-refractivity contribution in [2.75, 3.05) is 25.0 Å². The molecule has 0 atom stereocenters. The molecule has 2 aromatic rings. The van der Waals surface area contributed by atoms with Crippen molar-refractivity contribution in [1.82, 2.24) is 15.0 Å². The van der Waals surface area contributed by atoms with Crippen LogP contribution in [-0.4, -0.2) is 35.1 Å². The zero-order chi connectivity index (χ0) is 10.8. The summed E-state index contributed by atoms with van der Waals surface area (Å²) in [5, 5.41) is 1.01. The van der Waals surface area contributed by atoms with Gasteiger partial charge in [-0.3, -0.25) is 0 Å². The smallest absolute Gasteiger partial charge is 0.159 e. The number of anilines is 1. The van der Waals surface area contributed by atoms with Crippen LogP contribution in [-0.2, 0) is 0 Å². The molecule has 0 fully saturated rings. The molecule has 0 amide bonds. The van der Waals surface area contributed by atoms with Gasteiger partial charge in [0.2, 0.25) is 0 Å². The van der Waals surface area contributed by atoms with Crippen LogP contribution in [0.25, 0.3) is 10.3 Å². The second-order valence-corrected chi connectivity index (χ2v) is 4.48. The lowest BCUT2D eigenvalue weighted by atomic mass is 10.4. The summed E-state index contributed by atoms with van der Waals surface area (Å²) in [5.41, 5.74) is 6.38. The minimum Gasteiger partial charge on any atom is -0.356 e. The van der Waals surface area contributed by atoms with E-state index in [0.717, 1.165) is 27.7 Å². The molecule has 2 N–H and O–H groups in total. The summed E-state index contributed by atoms with van der Waals surface area (Å²) in [4.78, 5) is 15.8. The van der Waals surface area contributed by atoms with Gasteiger partial charge < -0.3 is 10.6 Å². The van der Waals surface area contributed by atoms with E-state index < -0.39 is 0 Å². The number of nitrogens with zero attached hydrogens (tertiary/aromatic N) is 4. The molecule has 5 nitrogen and oxygen atoms in total. The Labute approximate surface area is 92.0 Å². The molecule has 6 heteroatoms. The van der Waals surface area contributed by atoms with Crippen LogP contribution in [0.2, 0.25) is 0 Å². The number of nitrogens with two attached hydrogens (primary N) is 1. The molecule has 0 spiro atoms. The maximum atomic E-state index is 5.51. The summed E-state index contributed by atoms with van der Waals surface area (Å²) < 4.78 is 0. The van der Waals surface area contributed by atoms with E-state index in [1.807, 2.05) is 18.9 Å². The number of thiazole rings is 1. The van der Waals surface area contributed by atoms with Crippen LogP contribution in [0.15, 0.2) is 6.33 Å². The van der Waals surface area contributed by atoms with E-state index in [-0.39, 0.29) is 0 Å². The predicted octanol–water partition coefficient (Wildman–Crippen LogP) is 0.790. The number of likely N-dealkylation sites (N-methyl/N-ethyl adjacent to an activating group) is 1. The van der Waals surface area contributed by atoms with Crippen LogP contribution in [0.4, 0.5) is 5.82 Å². The van der Waals surface area contributed by atoms with Crippen LogP contribution >= 0.6 is 11.3 Å². The Morgan fingerprint density at radius 3 is 3.00 bits per heavy atom. The monoisotopic (exact) mass is 223 g/mol. The van der Waals surface area contributed by atoms with E-state index >= 15 is 0 Å². The Hall–Kier alpha value is -1.27. The maximum absolute atomic E-state index is 5.51. The van der Waals surface area contributed by atoms with Gasteiger partial charge in [0.1, 0.15) is 16.7 Å². The van der Waals surface area contributed by atoms with Crippen LogP contribution in [0, 0.1) is 6.92 Å². The number of rotatable bonds is 3. The minimum atomic E-state index is 0.602. The van der Waals surface area contributed by atoms with E-state index in [2.05, 4.69) is 15.0 Å². The molecular formula is C9H13N5S. The Morgan fingerprint density at radius 1 is 1.47 bits per heavy atom. The van der Waals surface area contributed by atoms with Gasteiger partial charge in [-0.1, -0.05) is 11.3 Å². The number of aryl methyl sites for hydroxylation is 1. The fraction of sp³-hybridized carbons (Fsp3) is 0.444. The lowest BCUT2D eigenvalue weighted by Gasteiger charge is -2.16. The Bertz CT molecular complexity index is 466. The van der Waals surface area contributed by atoms with Gasteiger partial charge in [-0.05, 0) is 6.92 Å². The predicted molar refractivity (Wildman–Crippen MR) is 62.3 cm³/mol. The van der Waals surface area contributed by atoms with Crippen molar-refractivity contribution in [1.29, 1.82) is 0 Å². The Balaban J connectivity index is 2.50. The molecular weight excluding hydrogens is 210 g/mol. The molecule has 0 aliphatic rings. The molecule has 0 unspecified atom stereocenters. The summed E-state index contributed by atoms with van der Waals surface area (Å²) in [7, 11) is 1.96. The molecule has 0 radical (unpaired) electrons. The molecule has 2 heterocycles. The molecule has 0 bridgehead atoms. The van der Waals surface area contributed by atoms with Crippen molar-refractivity contribution in [3.05, 3.63) is 11.3 Å². The van der Waals surface area contributed by atoms with Crippen LogP contribution in [0.1, 0.15) is 5.01 Å². The van der Waals surface area contributed by atoms with Gasteiger partial charge in [0.15, 0.2) is 5.82 Å². The van der Waals surface area contributed by atoms with E-state index in [0.29, 0.717) is 6.54 Å². The fourth-order valence-corrected chi connectivity index (χ4v) is 2.18. The molecule has 0 aliphatic heterocycles. The van der Waals surface area contributed by atoms with Crippen LogP contribution in [0.3, 0.4) is 0 Å². The van der Waals surface area contributed by atoms with Crippen LogP contribution in [0.5, 0.6) is 0 Å². The summed E-state index contributed by atoms with van der Waals surface area (Å²) in [5.74, 6) is 0.856. The molecule has 0 saturated heterocycles. The second-order valence-electron chi connectivity index (χ2n) is 3.29. The average Bonchev–Trinajstić information content (AvgIpc) is 2.57. The van der Waals surface area contributed by atoms with Gasteiger partial charge in [0, 0.05) is 20.1 Å². The summed E-state index contributed by atoms with van der Waals surface area (Å²) >= 11 is 1.58. The van der Waals surface area contributed by atoms with Gasteiger partial charge in [-0.2, -0.15) is 0 Å². The summed E-state index contributed by atoms with van der Waals surface area (Å²) in [6, 6.07) is 0. The zero-order valence-electron chi connectivity index (χ0n) is 8.77. The molecule has 0 saturated carbocycles. The summed E-state index contributed by atoms with van der Waals surface area (Å²) in [6.07, 6.45) is 1.57. The lowest BCUT2D eigenvalue weighted by Crippen LogP contribution is -2.26. The highest BCUT2D eigenvalue weighted by atomic mass is 32.1. The third-order valence-corrected chi connectivity index (χ3v) is 2.99. The van der Waals surface area contributed by atoms with Crippen molar-refractivity contribution in [2.24, 2.45) is 5.73 Å². The van der Waals surface area contributed by atoms with Gasteiger partial charge in [-0.25, -0.2) is 15.0 Å². The minimum absolute atomic E-state index is 0.602. The first-order valence-corrected chi connectivity index (χ1v) is 5.53. The van der Waals surface area contributed by atoms with E-state index in [1.54, 1.807) is 17.7 Å². The van der Waals surface area contributed by atoms with E-state index in [4.69, 9.17) is 5.73 Å². The van der Waals surface area contributed by atoms with Gasteiger partial charge in [-0.15, -0.1) is 0 Å². The number of fused-ring (bicyclic) bond motifs is 1. The quantitative estimate of drug-likeness (QED) is 0.833. The third-order valence-electron chi connectivity index (χ3n) is 2.11. The first-order valence-electron chi connectivity index (χ1n) is 4.71. The number of hydrogen-bond acceptors (Lipinski definition) is 6. The molecule has 80 valence electrons. The Kier molecular flexibility index (Phi) is 2.79. The van der Waals surface area contributed by atoms with Crippen molar-refractivity contribution in [3.8, 4) is 0 Å². The lowest BCUT2D eigenvalue weighted by molar-refractivity contribution is 0.869. The molecule has 0 aromatic carbocycles. The highest BCUT2D eigenvalue weighted by molar-refractivity contribution is 7.18. The molecule has 0 aliphatic carbocycles. The van der Waals surface area contributed by atoms with Gasteiger partial charge in [0.05, 0.1) is 5.01 Å². The highest BCUT2D eigenvalue weighted by Crippen LogP contribution is 2.25. The van der Waals surface area contributed by atoms with Crippen molar-refractivity contribution in [3.63, 3.8) is 0 Å². The number of aromatic nitrogens is 3. The largest absolute Gasteiger partial charge is 0.356 e. The van der Waals surface area contributed by atoms with E-state index in [1.165, 1.54) is 0 Å². The second kappa shape index (κ2) is 4.08.